The summed E-state index contributed by atoms with van der Waals surface area (Å²) in [5.41, 5.74) is -0.415. The molecule has 4 nitrogen and oxygen atoms in total. The fourth-order valence-electron chi connectivity index (χ4n) is 3.69. The standard InChI is InChI=1S/C15H16FNO3S/c16-11-2-1-10(5-6-17)14(7-11)15(18)8-12-3-4-13(9-15)21(12,19)20/h1-2,7,12-13,18H,3-5,8-9H2. The van der Waals surface area contributed by atoms with Gasteiger partial charge in [-0.15, -0.1) is 0 Å². The average Bonchev–Trinajstić information content (AvgIpc) is 2.61. The van der Waals surface area contributed by atoms with Crippen molar-refractivity contribution in [1.82, 2.24) is 0 Å². The number of hydrogen-bond donors (Lipinski definition) is 1. The first-order chi connectivity index (χ1) is 9.87. The van der Waals surface area contributed by atoms with Crippen molar-refractivity contribution < 1.29 is 17.9 Å². The number of nitrogens with zero attached hydrogens (tertiary/aromatic N) is 1. The van der Waals surface area contributed by atoms with E-state index in [4.69, 9.17) is 5.26 Å². The van der Waals surface area contributed by atoms with Gasteiger partial charge < -0.3 is 5.11 Å². The Morgan fingerprint density at radius 2 is 1.95 bits per heavy atom. The smallest absolute Gasteiger partial charge is 0.156 e. The summed E-state index contributed by atoms with van der Waals surface area (Å²) >= 11 is 0. The summed E-state index contributed by atoms with van der Waals surface area (Å²) in [6.07, 6.45) is 1.36. The Morgan fingerprint density at radius 3 is 2.52 bits per heavy atom. The number of aliphatic hydroxyl groups is 1. The van der Waals surface area contributed by atoms with Crippen LogP contribution < -0.4 is 0 Å². The van der Waals surface area contributed by atoms with Crippen molar-refractivity contribution in [3.05, 3.63) is 35.1 Å². The maximum absolute atomic E-state index is 13.6. The number of halogens is 1. The largest absolute Gasteiger partial charge is 0.385 e. The number of nitriles is 1. The van der Waals surface area contributed by atoms with E-state index in [-0.39, 0.29) is 19.3 Å². The highest BCUT2D eigenvalue weighted by Crippen LogP contribution is 2.48. The van der Waals surface area contributed by atoms with Crippen LogP contribution in [-0.4, -0.2) is 24.0 Å². The van der Waals surface area contributed by atoms with Gasteiger partial charge in [0, 0.05) is 0 Å². The maximum atomic E-state index is 13.6. The predicted octanol–water partition coefficient (Wildman–Crippen LogP) is 1.82. The van der Waals surface area contributed by atoms with Crippen LogP contribution in [0.4, 0.5) is 4.39 Å². The quantitative estimate of drug-likeness (QED) is 0.904. The van der Waals surface area contributed by atoms with Crippen LogP contribution in [-0.2, 0) is 21.9 Å². The molecule has 0 radical (unpaired) electrons. The minimum Gasteiger partial charge on any atom is -0.385 e. The molecule has 2 unspecified atom stereocenters. The Morgan fingerprint density at radius 1 is 1.33 bits per heavy atom. The van der Waals surface area contributed by atoms with Crippen LogP contribution in [0.5, 0.6) is 0 Å². The molecule has 2 atom stereocenters. The molecule has 2 bridgehead atoms. The molecule has 0 aromatic heterocycles. The number of fused-ring (bicyclic) bond motifs is 2. The molecule has 2 saturated heterocycles. The molecule has 21 heavy (non-hydrogen) atoms. The molecule has 1 aromatic carbocycles. The highest BCUT2D eigenvalue weighted by molar-refractivity contribution is 7.93. The molecule has 2 heterocycles. The summed E-state index contributed by atoms with van der Waals surface area (Å²) in [5.74, 6) is -0.485. The molecule has 0 aliphatic carbocycles. The number of hydrogen-bond acceptors (Lipinski definition) is 4. The average molecular weight is 309 g/mol. The molecule has 1 N–H and O–H groups in total. The zero-order valence-corrected chi connectivity index (χ0v) is 12.2. The lowest BCUT2D eigenvalue weighted by molar-refractivity contribution is 0.0163. The van der Waals surface area contributed by atoms with Crippen molar-refractivity contribution in [3.63, 3.8) is 0 Å². The Hall–Kier alpha value is -1.45. The second-order valence-electron chi connectivity index (χ2n) is 5.99. The molecule has 2 aliphatic heterocycles. The lowest BCUT2D eigenvalue weighted by atomic mass is 9.82. The molecular weight excluding hydrogens is 293 g/mol. The van der Waals surface area contributed by atoms with Gasteiger partial charge in [0.05, 0.1) is 28.6 Å². The van der Waals surface area contributed by atoms with Gasteiger partial charge in [0.2, 0.25) is 0 Å². The van der Waals surface area contributed by atoms with Crippen LogP contribution in [0.15, 0.2) is 18.2 Å². The number of rotatable bonds is 2. The summed E-state index contributed by atoms with van der Waals surface area (Å²) in [4.78, 5) is 0. The van der Waals surface area contributed by atoms with E-state index >= 15 is 0 Å². The zero-order valence-electron chi connectivity index (χ0n) is 11.4. The van der Waals surface area contributed by atoms with Crippen molar-refractivity contribution >= 4 is 9.84 Å². The van der Waals surface area contributed by atoms with E-state index in [2.05, 4.69) is 0 Å². The Kier molecular flexibility index (Phi) is 3.30. The highest BCUT2D eigenvalue weighted by Gasteiger charge is 2.53. The second kappa shape index (κ2) is 4.79. The fourth-order valence-corrected chi connectivity index (χ4v) is 6.18. The van der Waals surface area contributed by atoms with Gasteiger partial charge in [-0.3, -0.25) is 0 Å². The van der Waals surface area contributed by atoms with E-state index in [9.17, 15) is 17.9 Å². The third kappa shape index (κ3) is 2.25. The minimum atomic E-state index is -3.16. The topological polar surface area (TPSA) is 78.2 Å². The second-order valence-corrected chi connectivity index (χ2v) is 8.50. The minimum absolute atomic E-state index is 0.0695. The lowest BCUT2D eigenvalue weighted by Gasteiger charge is -2.37. The molecule has 2 fully saturated rings. The first-order valence-electron chi connectivity index (χ1n) is 6.98. The van der Waals surface area contributed by atoms with Gasteiger partial charge in [-0.1, -0.05) is 6.07 Å². The molecule has 0 amide bonds. The Bertz CT molecular complexity index is 703. The zero-order chi connectivity index (χ0) is 15.3. The van der Waals surface area contributed by atoms with E-state index in [0.717, 1.165) is 0 Å². The van der Waals surface area contributed by atoms with Gasteiger partial charge in [-0.2, -0.15) is 5.26 Å². The molecule has 0 saturated carbocycles. The first kappa shape index (κ1) is 14.5. The Balaban J connectivity index is 2.05. The summed E-state index contributed by atoms with van der Waals surface area (Å²) in [7, 11) is -3.16. The van der Waals surface area contributed by atoms with E-state index in [1.807, 2.05) is 6.07 Å². The Labute approximate surface area is 123 Å². The lowest BCUT2D eigenvalue weighted by Crippen LogP contribution is -2.43. The van der Waals surface area contributed by atoms with Crippen molar-refractivity contribution in [2.75, 3.05) is 0 Å². The fraction of sp³-hybridized carbons (Fsp3) is 0.533. The van der Waals surface area contributed by atoms with Gasteiger partial charge in [-0.25, -0.2) is 12.8 Å². The monoisotopic (exact) mass is 309 g/mol. The highest BCUT2D eigenvalue weighted by atomic mass is 32.2. The molecule has 1 aromatic rings. The third-order valence-electron chi connectivity index (χ3n) is 4.71. The van der Waals surface area contributed by atoms with E-state index in [1.165, 1.54) is 18.2 Å². The van der Waals surface area contributed by atoms with Crippen molar-refractivity contribution in [1.29, 1.82) is 5.26 Å². The summed E-state index contributed by atoms with van der Waals surface area (Å²) in [5, 5.41) is 18.7. The van der Waals surface area contributed by atoms with Crippen LogP contribution in [0.3, 0.4) is 0 Å². The normalized spacial score (nSPS) is 33.6. The van der Waals surface area contributed by atoms with E-state index in [1.54, 1.807) is 0 Å². The van der Waals surface area contributed by atoms with Crippen LogP contribution in [0, 0.1) is 17.1 Å². The van der Waals surface area contributed by atoms with Crippen molar-refractivity contribution in [3.8, 4) is 6.07 Å². The third-order valence-corrected chi connectivity index (χ3v) is 7.38. The van der Waals surface area contributed by atoms with Gasteiger partial charge in [0.25, 0.3) is 0 Å². The molecule has 2 aliphatic rings. The van der Waals surface area contributed by atoms with Crippen molar-refractivity contribution in [2.45, 2.75) is 48.2 Å². The van der Waals surface area contributed by atoms with E-state index < -0.39 is 31.8 Å². The van der Waals surface area contributed by atoms with Crippen LogP contribution in [0.2, 0.25) is 0 Å². The molecule has 3 rings (SSSR count). The van der Waals surface area contributed by atoms with Gasteiger partial charge in [0.15, 0.2) is 9.84 Å². The number of benzene rings is 1. The van der Waals surface area contributed by atoms with Gasteiger partial charge in [-0.05, 0) is 48.9 Å². The van der Waals surface area contributed by atoms with Crippen LogP contribution in [0.25, 0.3) is 0 Å². The SMILES string of the molecule is N#CCc1ccc(F)cc1C1(O)CC2CCC(C1)S2(=O)=O. The van der Waals surface area contributed by atoms with Crippen molar-refractivity contribution in [2.24, 2.45) is 0 Å². The van der Waals surface area contributed by atoms with E-state index in [0.29, 0.717) is 24.0 Å². The predicted molar refractivity (Wildman–Crippen MR) is 74.6 cm³/mol. The molecular formula is C15H16FNO3S. The maximum Gasteiger partial charge on any atom is 0.156 e. The summed E-state index contributed by atoms with van der Waals surface area (Å²) in [6.45, 7) is 0. The van der Waals surface area contributed by atoms with Crippen LogP contribution in [0.1, 0.15) is 36.8 Å². The molecule has 112 valence electrons. The van der Waals surface area contributed by atoms with Crippen LogP contribution >= 0.6 is 0 Å². The molecule has 0 spiro atoms. The summed E-state index contributed by atoms with van der Waals surface area (Å²) < 4.78 is 37.8. The number of sulfone groups is 1. The summed E-state index contributed by atoms with van der Waals surface area (Å²) in [6, 6.07) is 6.00. The van der Waals surface area contributed by atoms with Gasteiger partial charge in [0.1, 0.15) is 5.82 Å². The first-order valence-corrected chi connectivity index (χ1v) is 8.59. The van der Waals surface area contributed by atoms with Gasteiger partial charge >= 0.3 is 0 Å². The molecule has 6 heteroatoms.